The molecule has 23 heavy (non-hydrogen) atoms. The van der Waals surface area contributed by atoms with E-state index < -0.39 is 23.1 Å². The van der Waals surface area contributed by atoms with E-state index in [-0.39, 0.29) is 6.61 Å². The van der Waals surface area contributed by atoms with Gasteiger partial charge in [0.25, 0.3) is 5.91 Å². The van der Waals surface area contributed by atoms with E-state index in [0.717, 1.165) is 5.39 Å². The third kappa shape index (κ3) is 5.14. The predicted molar refractivity (Wildman–Crippen MR) is 84.4 cm³/mol. The van der Waals surface area contributed by atoms with Crippen LogP contribution in [0.25, 0.3) is 11.0 Å². The van der Waals surface area contributed by atoms with Gasteiger partial charge in [-0.3, -0.25) is 10.1 Å². The van der Waals surface area contributed by atoms with Crippen molar-refractivity contribution in [1.29, 1.82) is 0 Å². The number of carbonyl (C=O) groups excluding carboxylic acids is 2. The highest BCUT2D eigenvalue weighted by molar-refractivity contribution is 5.95. The SMILES string of the molecule is CC(C)(C)NC(=O)NC(=O)COc1ccc2ccc(=O)oc2c1. The predicted octanol–water partition coefficient (Wildman–Crippen LogP) is 1.80. The van der Waals surface area contributed by atoms with Crippen LogP contribution in [0.2, 0.25) is 0 Å². The second kappa shape index (κ2) is 6.51. The van der Waals surface area contributed by atoms with E-state index in [1.807, 2.05) is 0 Å². The summed E-state index contributed by atoms with van der Waals surface area (Å²) in [6, 6.07) is 7.23. The van der Waals surface area contributed by atoms with Crippen LogP contribution in [-0.2, 0) is 4.79 Å². The molecule has 2 N–H and O–H groups in total. The van der Waals surface area contributed by atoms with Crippen LogP contribution in [0, 0.1) is 0 Å². The quantitative estimate of drug-likeness (QED) is 0.841. The summed E-state index contributed by atoms with van der Waals surface area (Å²) in [5.41, 5.74) is -0.548. The van der Waals surface area contributed by atoms with Crippen LogP contribution in [0.5, 0.6) is 5.75 Å². The molecule has 1 aromatic carbocycles. The van der Waals surface area contributed by atoms with Crippen molar-refractivity contribution in [2.75, 3.05) is 6.61 Å². The first kappa shape index (κ1) is 16.5. The number of rotatable bonds is 3. The van der Waals surface area contributed by atoms with Crippen LogP contribution in [0.4, 0.5) is 4.79 Å². The first-order chi connectivity index (χ1) is 10.7. The van der Waals surface area contributed by atoms with E-state index in [1.54, 1.807) is 39.0 Å². The Bertz CT molecular complexity index is 789. The van der Waals surface area contributed by atoms with Gasteiger partial charge < -0.3 is 14.5 Å². The zero-order valence-corrected chi connectivity index (χ0v) is 13.1. The van der Waals surface area contributed by atoms with Gasteiger partial charge in [-0.1, -0.05) is 0 Å². The van der Waals surface area contributed by atoms with Gasteiger partial charge in [0.2, 0.25) is 0 Å². The Morgan fingerprint density at radius 3 is 2.57 bits per heavy atom. The third-order valence-electron chi connectivity index (χ3n) is 2.71. The lowest BCUT2D eigenvalue weighted by Gasteiger charge is -2.20. The Labute approximate surface area is 132 Å². The van der Waals surface area contributed by atoms with Crippen LogP contribution in [0.3, 0.4) is 0 Å². The van der Waals surface area contributed by atoms with Gasteiger partial charge in [0, 0.05) is 23.1 Å². The summed E-state index contributed by atoms with van der Waals surface area (Å²) >= 11 is 0. The summed E-state index contributed by atoms with van der Waals surface area (Å²) in [6.45, 7) is 5.07. The van der Waals surface area contributed by atoms with Crippen molar-refractivity contribution in [3.05, 3.63) is 40.8 Å². The molecule has 2 aromatic rings. The number of hydrogen-bond acceptors (Lipinski definition) is 5. The summed E-state index contributed by atoms with van der Waals surface area (Å²) in [4.78, 5) is 34.4. The largest absolute Gasteiger partial charge is 0.484 e. The van der Waals surface area contributed by atoms with Crippen LogP contribution >= 0.6 is 0 Å². The van der Waals surface area contributed by atoms with Crippen LogP contribution < -0.4 is 21.0 Å². The lowest BCUT2D eigenvalue weighted by atomic mass is 10.1. The van der Waals surface area contributed by atoms with Gasteiger partial charge in [0.1, 0.15) is 11.3 Å². The molecule has 7 nitrogen and oxygen atoms in total. The number of ether oxygens (including phenoxy) is 1. The molecule has 7 heteroatoms. The second-order valence-corrected chi connectivity index (χ2v) is 6.00. The van der Waals surface area contributed by atoms with Gasteiger partial charge in [-0.05, 0) is 39.0 Å². The zero-order valence-electron chi connectivity index (χ0n) is 13.1. The molecule has 0 bridgehead atoms. The number of carbonyl (C=O) groups is 2. The molecule has 0 saturated carbocycles. The highest BCUT2D eigenvalue weighted by atomic mass is 16.5. The Morgan fingerprint density at radius 1 is 1.17 bits per heavy atom. The molecule has 2 rings (SSSR count). The fourth-order valence-electron chi connectivity index (χ4n) is 1.81. The molecule has 1 heterocycles. The van der Waals surface area contributed by atoms with Gasteiger partial charge in [-0.25, -0.2) is 9.59 Å². The Kier molecular flexibility index (Phi) is 4.68. The molecule has 0 atom stereocenters. The lowest BCUT2D eigenvalue weighted by molar-refractivity contribution is -0.122. The van der Waals surface area contributed by atoms with Gasteiger partial charge >= 0.3 is 11.7 Å². The van der Waals surface area contributed by atoms with Crippen LogP contribution in [0.15, 0.2) is 39.5 Å². The molecule has 0 aliphatic rings. The standard InChI is InChI=1S/C16H18N2O5/c1-16(2,3)18-15(21)17-13(19)9-22-11-6-4-10-5-7-14(20)23-12(10)8-11/h4-8H,9H2,1-3H3,(H2,17,18,19,21). The number of nitrogens with one attached hydrogen (secondary N) is 2. The number of hydrogen-bond donors (Lipinski definition) is 2. The molecule has 122 valence electrons. The number of urea groups is 1. The fourth-order valence-corrected chi connectivity index (χ4v) is 1.81. The maximum atomic E-state index is 11.7. The molecular weight excluding hydrogens is 300 g/mol. The summed E-state index contributed by atoms with van der Waals surface area (Å²) in [5, 5.41) is 5.51. The minimum atomic E-state index is -0.587. The van der Waals surface area contributed by atoms with Crippen molar-refractivity contribution >= 4 is 22.9 Å². The normalized spacial score (nSPS) is 11.1. The minimum Gasteiger partial charge on any atom is -0.484 e. The summed E-state index contributed by atoms with van der Waals surface area (Å²) < 4.78 is 10.3. The van der Waals surface area contributed by atoms with E-state index in [4.69, 9.17) is 9.15 Å². The Morgan fingerprint density at radius 2 is 1.87 bits per heavy atom. The average Bonchev–Trinajstić information content (AvgIpc) is 2.42. The van der Waals surface area contributed by atoms with Crippen molar-refractivity contribution in [2.45, 2.75) is 26.3 Å². The van der Waals surface area contributed by atoms with Crippen molar-refractivity contribution in [1.82, 2.24) is 10.6 Å². The molecule has 3 amide bonds. The first-order valence-electron chi connectivity index (χ1n) is 7.02. The maximum absolute atomic E-state index is 11.7. The summed E-state index contributed by atoms with van der Waals surface area (Å²) in [6.07, 6.45) is 0. The van der Waals surface area contributed by atoms with E-state index in [1.165, 1.54) is 12.1 Å². The van der Waals surface area contributed by atoms with E-state index in [9.17, 15) is 14.4 Å². The van der Waals surface area contributed by atoms with E-state index in [0.29, 0.717) is 11.3 Å². The van der Waals surface area contributed by atoms with E-state index >= 15 is 0 Å². The fraction of sp³-hybridized carbons (Fsp3) is 0.312. The zero-order chi connectivity index (χ0) is 17.0. The Hall–Kier alpha value is -2.83. The second-order valence-electron chi connectivity index (χ2n) is 6.00. The number of fused-ring (bicyclic) bond motifs is 1. The third-order valence-corrected chi connectivity index (χ3v) is 2.71. The highest BCUT2D eigenvalue weighted by Crippen LogP contribution is 2.19. The molecule has 0 saturated heterocycles. The Balaban J connectivity index is 1.94. The molecule has 0 fully saturated rings. The molecule has 0 spiro atoms. The molecule has 0 aliphatic carbocycles. The van der Waals surface area contributed by atoms with Crippen LogP contribution in [0.1, 0.15) is 20.8 Å². The number of benzene rings is 1. The smallest absolute Gasteiger partial charge is 0.336 e. The molecular formula is C16H18N2O5. The maximum Gasteiger partial charge on any atom is 0.336 e. The van der Waals surface area contributed by atoms with E-state index in [2.05, 4.69) is 10.6 Å². The van der Waals surface area contributed by atoms with Gasteiger partial charge in [-0.2, -0.15) is 0 Å². The van der Waals surface area contributed by atoms with Crippen molar-refractivity contribution < 1.29 is 18.7 Å². The molecule has 0 unspecified atom stereocenters. The first-order valence-corrected chi connectivity index (χ1v) is 7.02. The number of imide groups is 1. The highest BCUT2D eigenvalue weighted by Gasteiger charge is 2.15. The minimum absolute atomic E-state index is 0.333. The van der Waals surface area contributed by atoms with Crippen molar-refractivity contribution in [3.63, 3.8) is 0 Å². The monoisotopic (exact) mass is 318 g/mol. The lowest BCUT2D eigenvalue weighted by Crippen LogP contribution is -2.49. The van der Waals surface area contributed by atoms with Gasteiger partial charge in [0.15, 0.2) is 6.61 Å². The van der Waals surface area contributed by atoms with Gasteiger partial charge in [-0.15, -0.1) is 0 Å². The van der Waals surface area contributed by atoms with Crippen molar-refractivity contribution in [2.24, 2.45) is 0 Å². The molecule has 1 aromatic heterocycles. The molecule has 0 aliphatic heterocycles. The number of amides is 3. The topological polar surface area (TPSA) is 97.6 Å². The average molecular weight is 318 g/mol. The summed E-state index contributed by atoms with van der Waals surface area (Å²) in [7, 11) is 0. The van der Waals surface area contributed by atoms with Crippen LogP contribution in [-0.4, -0.2) is 24.1 Å². The van der Waals surface area contributed by atoms with Gasteiger partial charge in [0.05, 0.1) is 0 Å². The molecule has 0 radical (unpaired) electrons. The van der Waals surface area contributed by atoms with Crippen molar-refractivity contribution in [3.8, 4) is 5.75 Å². The summed E-state index contributed by atoms with van der Waals surface area (Å²) in [5.74, 6) is -0.223.